The molecule has 1 saturated carbocycles. The fourth-order valence-corrected chi connectivity index (χ4v) is 7.20. The molecule has 48 heavy (non-hydrogen) atoms. The Bertz CT molecular complexity index is 1320. The van der Waals surface area contributed by atoms with E-state index in [0.29, 0.717) is 0 Å². The summed E-state index contributed by atoms with van der Waals surface area (Å²) in [5.41, 5.74) is 0. The molecular weight excluding hydrogens is 927 g/mol. The summed E-state index contributed by atoms with van der Waals surface area (Å²) in [4.78, 5) is 126. The Morgan fingerprint density at radius 3 is 0.833 bits per heavy atom. The van der Waals surface area contributed by atoms with Crippen molar-refractivity contribution in [3.63, 3.8) is 0 Å². The molecule has 9 atom stereocenters. The van der Waals surface area contributed by atoms with E-state index in [-0.39, 0.29) is 33.3 Å². The number of hydrogen-bond donors (Lipinski definition) is 14. The Labute approximate surface area is 278 Å². The Morgan fingerprint density at radius 1 is 0.458 bits per heavy atom. The molecule has 1 aliphatic carbocycles. The molecule has 2 radical (unpaired) electrons. The zero-order valence-corrected chi connectivity index (χ0v) is 30.2. The van der Waals surface area contributed by atoms with Gasteiger partial charge in [0.05, 0.1) is 0 Å². The van der Waals surface area contributed by atoms with Gasteiger partial charge in [0.1, 0.15) is 36.6 Å². The summed E-state index contributed by atoms with van der Waals surface area (Å²) in [6.07, 6.45) is -26.9. The van der Waals surface area contributed by atoms with Crippen molar-refractivity contribution >= 4 is 82.8 Å². The summed E-state index contributed by atoms with van der Waals surface area (Å²) in [5, 5.41) is 27.3. The first-order chi connectivity index (χ1) is 19.7. The quantitative estimate of drug-likeness (QED) is 0.0475. The maximum atomic E-state index is 12.7. The van der Waals surface area contributed by atoms with Crippen LogP contribution in [0.1, 0.15) is 0 Å². The number of aliphatic hydroxyl groups excluding tert-OH is 1. The summed E-state index contributed by atoms with van der Waals surface area (Å²) in [6.45, 7) is 0. The minimum absolute atomic E-state index is 0. The number of carboxylic acids is 2. The van der Waals surface area contributed by atoms with Crippen LogP contribution < -0.4 is 9.41 Å². The molecular formula is C10H22F2O29P6Sn. The monoisotopic (exact) mass is 950 g/mol. The van der Waals surface area contributed by atoms with E-state index in [2.05, 4.69) is 31.7 Å². The first-order valence-corrected chi connectivity index (χ1v) is 19.4. The summed E-state index contributed by atoms with van der Waals surface area (Å²) >= 11 is 0. The zero-order chi connectivity index (χ0) is 35.7. The molecule has 1 rings (SSSR count). The predicted molar refractivity (Wildman–Crippen MR) is 131 cm³/mol. The third-order valence-corrected chi connectivity index (χ3v) is 8.12. The molecule has 0 bridgehead atoms. The fourth-order valence-electron chi connectivity index (χ4n) is 3.32. The summed E-state index contributed by atoms with van der Waals surface area (Å²) in [5.74, 6) is -4.98. The van der Waals surface area contributed by atoms with Crippen LogP contribution in [0.25, 0.3) is 0 Å². The largest absolute Gasteiger partial charge is 2.00 e. The number of halogens is 2. The molecule has 14 N–H and O–H groups in total. The molecule has 0 aromatic carbocycles. The van der Waals surface area contributed by atoms with E-state index >= 15 is 0 Å². The van der Waals surface area contributed by atoms with Gasteiger partial charge in [-0.1, -0.05) is 0 Å². The molecule has 38 heteroatoms. The number of carbonyl (C=O) groups is 2. The van der Waals surface area contributed by atoms with Crippen LogP contribution in [0.5, 0.6) is 0 Å². The van der Waals surface area contributed by atoms with E-state index in [9.17, 15) is 95.9 Å². The topological polar surface area (TPSA) is 484 Å². The molecule has 29 nitrogen and oxygen atoms in total. The normalized spacial score (nSPS) is 26.4. The van der Waals surface area contributed by atoms with Crippen LogP contribution >= 0.6 is 46.9 Å². The Kier molecular flexibility index (Phi) is 20.6. The van der Waals surface area contributed by atoms with E-state index in [1.807, 2.05) is 0 Å². The minimum atomic E-state index is -6.55. The predicted octanol–water partition coefficient (Wildman–Crippen LogP) is -10.6. The molecule has 1 fully saturated rings. The molecule has 0 spiro atoms. The van der Waals surface area contributed by atoms with Crippen molar-refractivity contribution in [1.29, 1.82) is 0 Å². The molecule has 0 amide bonds. The number of phosphoric acid groups is 6. The van der Waals surface area contributed by atoms with Crippen LogP contribution in [-0.4, -0.2) is 154 Å². The van der Waals surface area contributed by atoms with Gasteiger partial charge in [-0.3, -0.25) is 31.7 Å². The Balaban J connectivity index is -0.00000675. The van der Waals surface area contributed by atoms with E-state index in [0.717, 1.165) is 0 Å². The maximum Gasteiger partial charge on any atom is 2.00 e. The van der Waals surface area contributed by atoms with Gasteiger partial charge >= 0.3 is 82.8 Å². The van der Waals surface area contributed by atoms with Gasteiger partial charge in [-0.15, -0.1) is 0 Å². The average molecular weight is 949 g/mol. The molecule has 0 aromatic heterocycles. The third-order valence-electron chi connectivity index (χ3n) is 4.52. The number of rotatable bonds is 17. The Morgan fingerprint density at radius 2 is 0.667 bits per heavy atom. The second-order valence-electron chi connectivity index (χ2n) is 7.99. The summed E-state index contributed by atoms with van der Waals surface area (Å²) in [6, 6.07) is 0. The Hall–Kier alpha value is 0.219. The fraction of sp³-hybridized carbons (Fsp3) is 0.800. The van der Waals surface area contributed by atoms with Gasteiger partial charge in [0.2, 0.25) is 6.10 Å². The zero-order valence-electron chi connectivity index (χ0n) is 21.9. The number of aliphatic carboxylic acids is 2. The maximum absolute atomic E-state index is 12.7. The minimum Gasteiger partial charge on any atom is -1.00 e. The van der Waals surface area contributed by atoms with Gasteiger partial charge in [-0.2, -0.15) is 0 Å². The van der Waals surface area contributed by atoms with Crippen LogP contribution in [0.15, 0.2) is 0 Å². The van der Waals surface area contributed by atoms with Gasteiger partial charge in [-0.25, -0.2) is 37.0 Å². The summed E-state index contributed by atoms with van der Waals surface area (Å²) in [7, 11) is -37.7. The molecule has 0 saturated heterocycles. The van der Waals surface area contributed by atoms with Crippen LogP contribution in [-0.2, 0) is 68.6 Å². The van der Waals surface area contributed by atoms with Gasteiger partial charge in [0, 0.05) is 0 Å². The van der Waals surface area contributed by atoms with E-state index < -0.39 is 108 Å². The number of hydrogen-bond acceptors (Lipinski definition) is 16. The number of carboxylic acid groups (broad SMARTS) is 2. The molecule has 0 heterocycles. The van der Waals surface area contributed by atoms with Crippen molar-refractivity contribution in [2.24, 2.45) is 0 Å². The van der Waals surface area contributed by atoms with E-state index in [1.54, 1.807) is 0 Å². The van der Waals surface area contributed by atoms with Crippen LogP contribution in [0, 0.1) is 0 Å². The third kappa shape index (κ3) is 18.6. The van der Waals surface area contributed by atoms with Crippen molar-refractivity contribution in [3.8, 4) is 0 Å². The van der Waals surface area contributed by atoms with Crippen LogP contribution in [0.3, 0.4) is 0 Å². The molecule has 0 aliphatic heterocycles. The second-order valence-corrected chi connectivity index (χ2v) is 15.3. The van der Waals surface area contributed by atoms with E-state index in [1.165, 1.54) is 0 Å². The van der Waals surface area contributed by atoms with Gasteiger partial charge in [0.15, 0.2) is 6.10 Å². The summed E-state index contributed by atoms with van der Waals surface area (Å²) < 4.78 is 100. The van der Waals surface area contributed by atoms with Crippen molar-refractivity contribution in [3.05, 3.63) is 0 Å². The van der Waals surface area contributed by atoms with Gasteiger partial charge in [-0.05, 0) is 0 Å². The SMILES string of the molecule is O=C(O)C(O)C(OP(=O)(O)O[C@@H]1[C@@H](OP(=O)(O)O)[C@H](OP(=O)(O)O)[C@@H](OP(=O)(O)O)[C@H](OP(=O)(O)O)[C@@H]1OP(=O)(O)O)C(=O)O.[F-].[F-].[Sn+2]. The van der Waals surface area contributed by atoms with Crippen molar-refractivity contribution < 1.29 is 147 Å². The van der Waals surface area contributed by atoms with Crippen LogP contribution in [0.2, 0.25) is 0 Å². The van der Waals surface area contributed by atoms with Crippen molar-refractivity contribution in [2.75, 3.05) is 0 Å². The molecule has 284 valence electrons. The number of phosphoric ester groups is 6. The van der Waals surface area contributed by atoms with Crippen molar-refractivity contribution in [1.82, 2.24) is 0 Å². The average Bonchev–Trinajstić information content (AvgIpc) is 2.74. The first-order valence-electron chi connectivity index (χ1n) is 10.2. The second kappa shape index (κ2) is 18.8. The smallest absolute Gasteiger partial charge is 1.00 e. The number of aliphatic hydroxyl groups is 1. The van der Waals surface area contributed by atoms with Gasteiger partial charge in [0.25, 0.3) is 0 Å². The van der Waals surface area contributed by atoms with Crippen LogP contribution in [0.4, 0.5) is 0 Å². The molecule has 0 aromatic rings. The van der Waals surface area contributed by atoms with E-state index in [4.69, 9.17) is 10.2 Å². The standard InChI is InChI=1S/C10H22O29P6.2FH.Sn/c11-1(9(12)13)2(10(14)15)38-45(31,32)39-8-6(36-43(25,26)27)4(34-41(19,20)21)3(33-40(16,17)18)5(35-42(22,23)24)7(8)37-44(28,29)30;;;/h1-8,11H,(H,12,13)(H,14,15)(H,31,32)(H2,16,17,18)(H2,19,20,21)(H2,22,23,24)(H2,25,26,27)(H2,28,29,30);2*1H;/q;;;+2/p-2/t1?,2?,3-,4-,5+,6-,7-,8-;;;/m0.../s1. The van der Waals surface area contributed by atoms with Gasteiger partial charge < -0.3 is 78.6 Å². The molecule has 1 aliphatic rings. The van der Waals surface area contributed by atoms with Crippen molar-refractivity contribution in [2.45, 2.75) is 48.8 Å². The first kappa shape index (κ1) is 52.6. The molecule has 3 unspecified atom stereocenters.